The lowest BCUT2D eigenvalue weighted by atomic mass is 10.0. The molecule has 2 N–H and O–H groups in total. The van der Waals surface area contributed by atoms with Crippen molar-refractivity contribution in [1.82, 2.24) is 10.2 Å². The molecule has 0 spiro atoms. The number of nitrogens with one attached hydrogen (secondary N) is 2. The fourth-order valence-electron chi connectivity index (χ4n) is 3.70. The Balaban J connectivity index is 1.51. The first-order valence-electron chi connectivity index (χ1n) is 10.7. The summed E-state index contributed by atoms with van der Waals surface area (Å²) in [6.45, 7) is 8.18. The van der Waals surface area contributed by atoms with Crippen molar-refractivity contribution in [3.05, 3.63) is 77.9 Å². The van der Waals surface area contributed by atoms with E-state index in [2.05, 4.69) is 29.6 Å². The monoisotopic (exact) mass is 406 g/mol. The fourth-order valence-corrected chi connectivity index (χ4v) is 3.70. The molecule has 1 aliphatic heterocycles. The van der Waals surface area contributed by atoms with Crippen LogP contribution in [0.4, 0.5) is 0 Å². The molecule has 2 aromatic carbocycles. The summed E-state index contributed by atoms with van der Waals surface area (Å²) < 4.78 is 0. The molecule has 30 heavy (non-hydrogen) atoms. The molecule has 1 aliphatic rings. The molecule has 0 radical (unpaired) electrons. The maximum Gasteiger partial charge on any atom is 0.251 e. The van der Waals surface area contributed by atoms with Crippen molar-refractivity contribution in [1.29, 1.82) is 0 Å². The van der Waals surface area contributed by atoms with E-state index in [0.29, 0.717) is 5.56 Å². The summed E-state index contributed by atoms with van der Waals surface area (Å²) >= 11 is 0. The quantitative estimate of drug-likeness (QED) is 0.738. The number of quaternary nitrogens is 1. The molecule has 0 aliphatic carbocycles. The van der Waals surface area contributed by atoms with Gasteiger partial charge < -0.3 is 15.1 Å². The number of benzene rings is 2. The van der Waals surface area contributed by atoms with Crippen molar-refractivity contribution < 1.29 is 14.5 Å². The molecule has 0 aromatic heterocycles. The van der Waals surface area contributed by atoms with Crippen molar-refractivity contribution in [2.24, 2.45) is 5.92 Å². The largest absolute Gasteiger partial charge is 0.340 e. The van der Waals surface area contributed by atoms with Crippen LogP contribution < -0.4 is 10.2 Å². The molecule has 0 bridgehead atoms. The highest BCUT2D eigenvalue weighted by Crippen LogP contribution is 2.09. The minimum Gasteiger partial charge on any atom is -0.340 e. The smallest absolute Gasteiger partial charge is 0.251 e. The zero-order chi connectivity index (χ0) is 21.3. The van der Waals surface area contributed by atoms with Gasteiger partial charge in [-0.1, -0.05) is 68.5 Å². The van der Waals surface area contributed by atoms with Gasteiger partial charge in [0.25, 0.3) is 5.91 Å². The van der Waals surface area contributed by atoms with Gasteiger partial charge in [0, 0.05) is 5.56 Å². The molecule has 2 aromatic rings. The predicted molar refractivity (Wildman–Crippen MR) is 120 cm³/mol. The molecule has 1 atom stereocenters. The summed E-state index contributed by atoms with van der Waals surface area (Å²) in [5.74, 6) is -0.143. The summed E-state index contributed by atoms with van der Waals surface area (Å²) in [6.07, 6.45) is 4.36. The SMILES string of the molecule is CC(C)[C@H](NC(=O)c1ccccc1)C(=O)N1CC[NH+](C/C=C/c2ccccc2)CC1. The summed E-state index contributed by atoms with van der Waals surface area (Å²) in [4.78, 5) is 29.0. The maximum absolute atomic E-state index is 13.1. The number of nitrogens with zero attached hydrogens (tertiary/aromatic N) is 1. The lowest BCUT2D eigenvalue weighted by Gasteiger charge is -2.35. The average molecular weight is 407 g/mol. The highest BCUT2D eigenvalue weighted by Gasteiger charge is 2.31. The molecular formula is C25H32N3O2+. The number of hydrogen-bond acceptors (Lipinski definition) is 2. The second-order valence-corrected chi connectivity index (χ2v) is 8.15. The Bertz CT molecular complexity index is 841. The molecule has 1 fully saturated rings. The van der Waals surface area contributed by atoms with Crippen molar-refractivity contribution >= 4 is 17.9 Å². The van der Waals surface area contributed by atoms with Gasteiger partial charge in [0.05, 0.1) is 32.7 Å². The summed E-state index contributed by atoms with van der Waals surface area (Å²) in [6, 6.07) is 18.9. The van der Waals surface area contributed by atoms with E-state index in [1.165, 1.54) is 10.5 Å². The molecular weight excluding hydrogens is 374 g/mol. The second-order valence-electron chi connectivity index (χ2n) is 8.15. The van der Waals surface area contributed by atoms with Gasteiger partial charge in [0.1, 0.15) is 6.04 Å². The lowest BCUT2D eigenvalue weighted by Crippen LogP contribution is -3.14. The maximum atomic E-state index is 13.1. The minimum absolute atomic E-state index is 0.0214. The number of amides is 2. The van der Waals surface area contributed by atoms with Crippen LogP contribution in [0.2, 0.25) is 0 Å². The first-order chi connectivity index (χ1) is 14.5. The second kappa shape index (κ2) is 10.7. The van der Waals surface area contributed by atoms with E-state index >= 15 is 0 Å². The van der Waals surface area contributed by atoms with Crippen molar-refractivity contribution in [2.75, 3.05) is 32.7 Å². The van der Waals surface area contributed by atoms with Gasteiger partial charge in [-0.2, -0.15) is 0 Å². The van der Waals surface area contributed by atoms with Crippen LogP contribution in [0.1, 0.15) is 29.8 Å². The molecule has 0 saturated carbocycles. The van der Waals surface area contributed by atoms with Gasteiger partial charge in [-0.05, 0) is 29.7 Å². The van der Waals surface area contributed by atoms with Gasteiger partial charge >= 0.3 is 0 Å². The van der Waals surface area contributed by atoms with E-state index in [0.717, 1.165) is 32.7 Å². The van der Waals surface area contributed by atoms with Crippen LogP contribution in [0.15, 0.2) is 66.7 Å². The molecule has 1 heterocycles. The Morgan fingerprint density at radius 2 is 1.60 bits per heavy atom. The van der Waals surface area contributed by atoms with Crippen LogP contribution >= 0.6 is 0 Å². The lowest BCUT2D eigenvalue weighted by molar-refractivity contribution is -0.898. The Morgan fingerprint density at radius 3 is 2.20 bits per heavy atom. The summed E-state index contributed by atoms with van der Waals surface area (Å²) in [7, 11) is 0. The van der Waals surface area contributed by atoms with Crippen LogP contribution in [0, 0.1) is 5.92 Å². The molecule has 2 amide bonds. The standard InChI is InChI=1S/C25H31N3O2/c1-20(2)23(26-24(29)22-13-7-4-8-14-22)25(30)28-18-16-27(17-19-28)15-9-12-21-10-5-3-6-11-21/h3-14,20,23H,15-19H2,1-2H3,(H,26,29)/p+1/b12-9+/t23-/m0/s1. The molecule has 5 nitrogen and oxygen atoms in total. The van der Waals surface area contributed by atoms with Crippen LogP contribution in [0.5, 0.6) is 0 Å². The Hall–Kier alpha value is -2.92. The first kappa shape index (κ1) is 21.8. The summed E-state index contributed by atoms with van der Waals surface area (Å²) in [5.41, 5.74) is 1.79. The first-order valence-corrected chi connectivity index (χ1v) is 10.7. The highest BCUT2D eigenvalue weighted by molar-refractivity contribution is 5.97. The van der Waals surface area contributed by atoms with E-state index < -0.39 is 6.04 Å². The Morgan fingerprint density at radius 1 is 1.00 bits per heavy atom. The van der Waals surface area contributed by atoms with Gasteiger partial charge in [-0.25, -0.2) is 0 Å². The number of carbonyl (C=O) groups is 2. The third-order valence-electron chi connectivity index (χ3n) is 5.55. The highest BCUT2D eigenvalue weighted by atomic mass is 16.2. The average Bonchev–Trinajstić information content (AvgIpc) is 2.78. The van der Waals surface area contributed by atoms with Crippen LogP contribution in [-0.2, 0) is 4.79 Å². The molecule has 1 saturated heterocycles. The van der Waals surface area contributed by atoms with Crippen LogP contribution in [0.3, 0.4) is 0 Å². The van der Waals surface area contributed by atoms with Crippen LogP contribution in [0.25, 0.3) is 6.08 Å². The van der Waals surface area contributed by atoms with Gasteiger partial charge in [0.2, 0.25) is 5.91 Å². The third kappa shape index (κ3) is 6.04. The Labute approximate surface area is 179 Å². The Kier molecular flexibility index (Phi) is 7.80. The molecule has 0 unspecified atom stereocenters. The number of carbonyl (C=O) groups excluding carboxylic acids is 2. The zero-order valence-corrected chi connectivity index (χ0v) is 17.9. The number of piperazine rings is 1. The zero-order valence-electron chi connectivity index (χ0n) is 17.9. The van der Waals surface area contributed by atoms with E-state index in [9.17, 15) is 9.59 Å². The number of rotatable bonds is 7. The van der Waals surface area contributed by atoms with E-state index in [1.54, 1.807) is 12.1 Å². The molecule has 5 heteroatoms. The van der Waals surface area contributed by atoms with E-state index in [1.807, 2.05) is 55.1 Å². The van der Waals surface area contributed by atoms with Crippen molar-refractivity contribution in [3.8, 4) is 0 Å². The van der Waals surface area contributed by atoms with Gasteiger partial charge in [-0.3, -0.25) is 9.59 Å². The third-order valence-corrected chi connectivity index (χ3v) is 5.55. The van der Waals surface area contributed by atoms with Gasteiger partial charge in [0.15, 0.2) is 0 Å². The van der Waals surface area contributed by atoms with Crippen LogP contribution in [-0.4, -0.2) is 55.5 Å². The van der Waals surface area contributed by atoms with Crippen molar-refractivity contribution in [3.63, 3.8) is 0 Å². The normalized spacial score (nSPS) is 16.0. The molecule has 158 valence electrons. The summed E-state index contributed by atoms with van der Waals surface area (Å²) in [5, 5.41) is 2.95. The minimum atomic E-state index is -0.503. The van der Waals surface area contributed by atoms with Gasteiger partial charge in [-0.15, -0.1) is 0 Å². The van der Waals surface area contributed by atoms with Crippen molar-refractivity contribution in [2.45, 2.75) is 19.9 Å². The molecule has 3 rings (SSSR count). The number of hydrogen-bond donors (Lipinski definition) is 2. The van der Waals surface area contributed by atoms with E-state index in [-0.39, 0.29) is 17.7 Å². The fraction of sp³-hybridized carbons (Fsp3) is 0.360. The predicted octanol–water partition coefficient (Wildman–Crippen LogP) is 1.88. The topological polar surface area (TPSA) is 53.9 Å². The van der Waals surface area contributed by atoms with E-state index in [4.69, 9.17) is 0 Å².